The Labute approximate surface area is 87.2 Å². The van der Waals surface area contributed by atoms with Gasteiger partial charge in [0.15, 0.2) is 0 Å². The first kappa shape index (κ1) is 11.2. The summed E-state index contributed by atoms with van der Waals surface area (Å²) in [5, 5.41) is 0. The fourth-order valence-electron chi connectivity index (χ4n) is 1.94. The Bertz CT molecular complexity index is 241. The van der Waals surface area contributed by atoms with Crippen molar-refractivity contribution in [1.29, 1.82) is 0 Å². The van der Waals surface area contributed by atoms with E-state index in [4.69, 9.17) is 4.74 Å². The molecular weight excluding hydrogens is 174 g/mol. The Hall–Kier alpha value is -0.920. The zero-order valence-electron chi connectivity index (χ0n) is 9.60. The van der Waals surface area contributed by atoms with Crippen LogP contribution in [0.1, 0.15) is 32.6 Å². The van der Waals surface area contributed by atoms with Crippen LogP contribution in [0.3, 0.4) is 0 Å². The topological polar surface area (TPSA) is 12.5 Å². The van der Waals surface area contributed by atoms with Crippen molar-refractivity contribution < 1.29 is 4.74 Å². The highest BCUT2D eigenvalue weighted by atomic mass is 16.5. The number of allylic oxidation sites excluding steroid dienone is 2. The van der Waals surface area contributed by atoms with Crippen molar-refractivity contribution in [3.63, 3.8) is 0 Å². The Morgan fingerprint density at radius 1 is 1.36 bits per heavy atom. The highest BCUT2D eigenvalue weighted by Gasteiger charge is 2.17. The normalized spacial score (nSPS) is 16.8. The van der Waals surface area contributed by atoms with Crippen LogP contribution in [0.2, 0.25) is 0 Å². The zero-order chi connectivity index (χ0) is 10.6. The maximum atomic E-state index is 5.48. The zero-order valence-corrected chi connectivity index (χ0v) is 9.60. The fraction of sp³-hybridized carbons (Fsp3) is 0.667. The molecule has 0 saturated heterocycles. The molecule has 0 aromatic heterocycles. The summed E-state index contributed by atoms with van der Waals surface area (Å²) in [5.74, 6) is 0.871. The molecule has 0 aliphatic heterocycles. The van der Waals surface area contributed by atoms with Gasteiger partial charge >= 0.3 is 0 Å². The van der Waals surface area contributed by atoms with Gasteiger partial charge in [-0.2, -0.15) is 0 Å². The van der Waals surface area contributed by atoms with Crippen LogP contribution in [0.4, 0.5) is 0 Å². The van der Waals surface area contributed by atoms with Gasteiger partial charge in [0, 0.05) is 25.4 Å². The lowest BCUT2D eigenvalue weighted by Gasteiger charge is -2.27. The second kappa shape index (κ2) is 5.08. The van der Waals surface area contributed by atoms with Crippen LogP contribution in [-0.2, 0) is 4.74 Å². The maximum absolute atomic E-state index is 5.48. The van der Waals surface area contributed by atoms with Crippen molar-refractivity contribution in [3.05, 3.63) is 23.6 Å². The summed E-state index contributed by atoms with van der Waals surface area (Å²) in [5.41, 5.74) is 2.72. The highest BCUT2D eigenvalue weighted by Crippen LogP contribution is 2.30. The van der Waals surface area contributed by atoms with E-state index in [1.165, 1.54) is 24.1 Å². The van der Waals surface area contributed by atoms with Gasteiger partial charge in [-0.1, -0.05) is 6.58 Å². The summed E-state index contributed by atoms with van der Waals surface area (Å²) in [6.07, 6.45) is 4.83. The maximum Gasteiger partial charge on any atom is 0.117 e. The SMILES string of the molecule is C=C(OCC)C1=C(N(C)C)CCCC1. The van der Waals surface area contributed by atoms with Gasteiger partial charge in [-0.15, -0.1) is 0 Å². The lowest BCUT2D eigenvalue weighted by atomic mass is 9.94. The molecule has 0 aromatic rings. The van der Waals surface area contributed by atoms with Gasteiger partial charge in [0.25, 0.3) is 0 Å². The molecule has 1 aliphatic carbocycles. The van der Waals surface area contributed by atoms with Crippen LogP contribution in [0.15, 0.2) is 23.6 Å². The van der Waals surface area contributed by atoms with Crippen molar-refractivity contribution >= 4 is 0 Å². The molecule has 0 aromatic carbocycles. The van der Waals surface area contributed by atoms with Crippen molar-refractivity contribution in [2.45, 2.75) is 32.6 Å². The highest BCUT2D eigenvalue weighted by molar-refractivity contribution is 5.30. The number of hydrogen-bond acceptors (Lipinski definition) is 2. The van der Waals surface area contributed by atoms with E-state index in [9.17, 15) is 0 Å². The lowest BCUT2D eigenvalue weighted by Crippen LogP contribution is -2.17. The minimum absolute atomic E-state index is 0.711. The van der Waals surface area contributed by atoms with E-state index in [1.807, 2.05) is 6.92 Å². The minimum Gasteiger partial charge on any atom is -0.494 e. The van der Waals surface area contributed by atoms with Gasteiger partial charge in [0.1, 0.15) is 5.76 Å². The fourth-order valence-corrected chi connectivity index (χ4v) is 1.94. The van der Waals surface area contributed by atoms with Crippen molar-refractivity contribution in [1.82, 2.24) is 4.90 Å². The molecule has 2 nitrogen and oxygen atoms in total. The summed E-state index contributed by atoms with van der Waals surface area (Å²) in [4.78, 5) is 2.19. The van der Waals surface area contributed by atoms with Crippen LogP contribution in [0, 0.1) is 0 Å². The largest absolute Gasteiger partial charge is 0.494 e. The van der Waals surface area contributed by atoms with E-state index in [0.29, 0.717) is 6.61 Å². The van der Waals surface area contributed by atoms with E-state index in [0.717, 1.165) is 18.6 Å². The van der Waals surface area contributed by atoms with Crippen molar-refractivity contribution in [2.24, 2.45) is 0 Å². The predicted molar refractivity (Wildman–Crippen MR) is 59.9 cm³/mol. The van der Waals surface area contributed by atoms with E-state index < -0.39 is 0 Å². The van der Waals surface area contributed by atoms with E-state index in [-0.39, 0.29) is 0 Å². The molecule has 2 heteroatoms. The molecule has 0 saturated carbocycles. The van der Waals surface area contributed by atoms with Crippen LogP contribution in [0.5, 0.6) is 0 Å². The third kappa shape index (κ3) is 2.53. The van der Waals surface area contributed by atoms with Crippen LogP contribution < -0.4 is 0 Å². The van der Waals surface area contributed by atoms with E-state index >= 15 is 0 Å². The molecule has 80 valence electrons. The van der Waals surface area contributed by atoms with Gasteiger partial charge in [-0.05, 0) is 32.6 Å². The number of hydrogen-bond donors (Lipinski definition) is 0. The summed E-state index contributed by atoms with van der Waals surface area (Å²) >= 11 is 0. The number of nitrogens with zero attached hydrogens (tertiary/aromatic N) is 1. The van der Waals surface area contributed by atoms with Crippen LogP contribution >= 0.6 is 0 Å². The van der Waals surface area contributed by atoms with E-state index in [2.05, 4.69) is 25.6 Å². The molecule has 0 unspecified atom stereocenters. The number of rotatable bonds is 4. The van der Waals surface area contributed by atoms with Crippen LogP contribution in [0.25, 0.3) is 0 Å². The second-order valence-electron chi connectivity index (χ2n) is 3.88. The third-order valence-electron chi connectivity index (χ3n) is 2.63. The molecular formula is C12H21NO. The lowest BCUT2D eigenvalue weighted by molar-refractivity contribution is 0.233. The molecule has 0 fully saturated rings. The standard InChI is InChI=1S/C12H21NO/c1-5-14-10(2)11-8-6-7-9-12(11)13(3)4/h2,5-9H2,1,3-4H3. The van der Waals surface area contributed by atoms with Gasteiger partial charge in [-0.3, -0.25) is 0 Å². The molecule has 1 rings (SSSR count). The first-order valence-electron chi connectivity index (χ1n) is 5.38. The monoisotopic (exact) mass is 195 g/mol. The summed E-state index contributed by atoms with van der Waals surface area (Å²) < 4.78 is 5.48. The third-order valence-corrected chi connectivity index (χ3v) is 2.63. The average Bonchev–Trinajstić information content (AvgIpc) is 2.18. The Morgan fingerprint density at radius 2 is 2.00 bits per heavy atom. The molecule has 0 amide bonds. The molecule has 0 atom stereocenters. The van der Waals surface area contributed by atoms with Crippen LogP contribution in [-0.4, -0.2) is 25.6 Å². The van der Waals surface area contributed by atoms with Gasteiger partial charge < -0.3 is 9.64 Å². The molecule has 0 N–H and O–H groups in total. The summed E-state index contributed by atoms with van der Waals surface area (Å²) in [6, 6.07) is 0. The number of ether oxygens (including phenoxy) is 1. The quantitative estimate of drug-likeness (QED) is 0.639. The average molecular weight is 195 g/mol. The smallest absolute Gasteiger partial charge is 0.117 e. The molecule has 0 heterocycles. The molecule has 0 radical (unpaired) electrons. The Balaban J connectivity index is 2.82. The van der Waals surface area contributed by atoms with Gasteiger partial charge in [0.05, 0.1) is 6.61 Å². The minimum atomic E-state index is 0.711. The first-order valence-corrected chi connectivity index (χ1v) is 5.38. The summed E-state index contributed by atoms with van der Waals surface area (Å²) in [6.45, 7) is 6.71. The summed E-state index contributed by atoms with van der Waals surface area (Å²) in [7, 11) is 4.19. The molecule has 0 bridgehead atoms. The van der Waals surface area contributed by atoms with E-state index in [1.54, 1.807) is 0 Å². The Kier molecular flexibility index (Phi) is 4.05. The second-order valence-corrected chi connectivity index (χ2v) is 3.88. The molecule has 0 spiro atoms. The predicted octanol–water partition coefficient (Wildman–Crippen LogP) is 2.93. The first-order chi connectivity index (χ1) is 6.66. The molecule has 1 aliphatic rings. The van der Waals surface area contributed by atoms with Crippen molar-refractivity contribution in [2.75, 3.05) is 20.7 Å². The van der Waals surface area contributed by atoms with Gasteiger partial charge in [-0.25, -0.2) is 0 Å². The Morgan fingerprint density at radius 3 is 2.57 bits per heavy atom. The van der Waals surface area contributed by atoms with Crippen molar-refractivity contribution in [3.8, 4) is 0 Å². The van der Waals surface area contributed by atoms with Gasteiger partial charge in [0.2, 0.25) is 0 Å². The molecule has 14 heavy (non-hydrogen) atoms.